The number of hydrogen-bond donors (Lipinski definition) is 2. The predicted molar refractivity (Wildman–Crippen MR) is 67.5 cm³/mol. The van der Waals surface area contributed by atoms with E-state index in [0.717, 1.165) is 12.8 Å². The monoisotopic (exact) mass is 282 g/mol. The van der Waals surface area contributed by atoms with E-state index in [4.69, 9.17) is 11.6 Å². The first-order valence-electron chi connectivity index (χ1n) is 5.89. The Bertz CT molecular complexity index is 345. The zero-order valence-corrected chi connectivity index (χ0v) is 11.3. The number of carbonyl (C=O) groups excluding carboxylic acids is 1. The smallest absolute Gasteiger partial charge is 0.238 e. The highest BCUT2D eigenvalue weighted by molar-refractivity contribution is 7.89. The summed E-state index contributed by atoms with van der Waals surface area (Å²) in [5.41, 5.74) is 0. The quantitative estimate of drug-likeness (QED) is 0.553. The Labute approximate surface area is 107 Å². The highest BCUT2D eigenvalue weighted by Crippen LogP contribution is 2.07. The Morgan fingerprint density at radius 3 is 2.82 bits per heavy atom. The van der Waals surface area contributed by atoms with Gasteiger partial charge < -0.3 is 5.32 Å². The molecule has 2 N–H and O–H groups in total. The molecule has 1 heterocycles. The molecule has 100 valence electrons. The summed E-state index contributed by atoms with van der Waals surface area (Å²) in [6.07, 6.45) is 3.51. The summed E-state index contributed by atoms with van der Waals surface area (Å²) in [6.45, 7) is 0.628. The second-order valence-electron chi connectivity index (χ2n) is 4.17. The number of amides is 1. The Morgan fingerprint density at radius 2 is 2.12 bits per heavy atom. The van der Waals surface area contributed by atoms with Crippen molar-refractivity contribution in [1.82, 2.24) is 10.0 Å². The van der Waals surface area contributed by atoms with Crippen LogP contribution in [0.1, 0.15) is 32.1 Å². The molecular weight excluding hydrogens is 264 g/mol. The van der Waals surface area contributed by atoms with Gasteiger partial charge in [0, 0.05) is 12.4 Å². The van der Waals surface area contributed by atoms with E-state index in [0.29, 0.717) is 31.7 Å². The minimum atomic E-state index is -3.37. The zero-order chi connectivity index (χ0) is 12.7. The van der Waals surface area contributed by atoms with Crippen molar-refractivity contribution in [3.05, 3.63) is 0 Å². The maximum absolute atomic E-state index is 11.7. The van der Waals surface area contributed by atoms with Crippen molar-refractivity contribution in [2.45, 2.75) is 38.1 Å². The molecule has 0 aromatic rings. The van der Waals surface area contributed by atoms with Crippen LogP contribution < -0.4 is 10.0 Å². The zero-order valence-electron chi connectivity index (χ0n) is 9.75. The second-order valence-corrected chi connectivity index (χ2v) is 6.42. The molecule has 0 aromatic carbocycles. The van der Waals surface area contributed by atoms with Crippen LogP contribution in [0.3, 0.4) is 0 Å². The van der Waals surface area contributed by atoms with E-state index in [-0.39, 0.29) is 11.7 Å². The van der Waals surface area contributed by atoms with Crippen molar-refractivity contribution in [3.63, 3.8) is 0 Å². The average molecular weight is 283 g/mol. The standard InChI is InChI=1S/C10H19ClN2O3S/c11-6-2-4-8-17(15,16)13-9-5-1-3-7-12-10(9)14/h9,13H,1-8H2,(H,12,14). The molecule has 1 saturated heterocycles. The summed E-state index contributed by atoms with van der Waals surface area (Å²) < 4.78 is 25.9. The van der Waals surface area contributed by atoms with Gasteiger partial charge in [0.15, 0.2) is 0 Å². The lowest BCUT2D eigenvalue weighted by atomic mass is 10.1. The Balaban J connectivity index is 2.47. The highest BCUT2D eigenvalue weighted by atomic mass is 35.5. The summed E-state index contributed by atoms with van der Waals surface area (Å²) in [6, 6.07) is -0.612. The topological polar surface area (TPSA) is 75.3 Å². The summed E-state index contributed by atoms with van der Waals surface area (Å²) >= 11 is 5.49. The fraction of sp³-hybridized carbons (Fsp3) is 0.900. The molecule has 0 saturated carbocycles. The molecule has 0 aromatic heterocycles. The van der Waals surface area contributed by atoms with Crippen LogP contribution in [0.5, 0.6) is 0 Å². The van der Waals surface area contributed by atoms with E-state index in [1.807, 2.05) is 0 Å². The minimum Gasteiger partial charge on any atom is -0.355 e. The van der Waals surface area contributed by atoms with Gasteiger partial charge in [0.2, 0.25) is 15.9 Å². The van der Waals surface area contributed by atoms with E-state index >= 15 is 0 Å². The second kappa shape index (κ2) is 7.18. The molecule has 17 heavy (non-hydrogen) atoms. The van der Waals surface area contributed by atoms with Gasteiger partial charge in [0.05, 0.1) is 5.75 Å². The molecule has 1 unspecified atom stereocenters. The molecule has 7 heteroatoms. The van der Waals surface area contributed by atoms with Crippen LogP contribution in [0.2, 0.25) is 0 Å². The lowest BCUT2D eigenvalue weighted by Gasteiger charge is -2.15. The van der Waals surface area contributed by atoms with Crippen LogP contribution >= 0.6 is 11.6 Å². The molecule has 1 fully saturated rings. The van der Waals surface area contributed by atoms with Crippen LogP contribution in [0, 0.1) is 0 Å². The van der Waals surface area contributed by atoms with Gasteiger partial charge in [-0.05, 0) is 32.1 Å². The van der Waals surface area contributed by atoms with E-state index in [2.05, 4.69) is 10.0 Å². The van der Waals surface area contributed by atoms with Crippen LogP contribution in [0.25, 0.3) is 0 Å². The van der Waals surface area contributed by atoms with Gasteiger partial charge in [0.1, 0.15) is 6.04 Å². The SMILES string of the molecule is O=C1NCCCCC1NS(=O)(=O)CCCCCl. The number of rotatable bonds is 6. The lowest BCUT2D eigenvalue weighted by molar-refractivity contribution is -0.122. The van der Waals surface area contributed by atoms with Crippen molar-refractivity contribution in [2.75, 3.05) is 18.2 Å². The fourth-order valence-electron chi connectivity index (χ4n) is 1.71. The van der Waals surface area contributed by atoms with E-state index in [1.165, 1.54) is 0 Å². The first kappa shape index (κ1) is 14.7. The molecule has 1 rings (SSSR count). The molecule has 1 atom stereocenters. The lowest BCUT2D eigenvalue weighted by Crippen LogP contribution is -2.46. The van der Waals surface area contributed by atoms with Crippen molar-refractivity contribution < 1.29 is 13.2 Å². The number of hydrogen-bond acceptors (Lipinski definition) is 3. The summed E-state index contributed by atoms with van der Waals surface area (Å²) in [7, 11) is -3.37. The highest BCUT2D eigenvalue weighted by Gasteiger charge is 2.25. The van der Waals surface area contributed by atoms with Gasteiger partial charge in [0.25, 0.3) is 0 Å². The fourth-order valence-corrected chi connectivity index (χ4v) is 3.26. The molecule has 1 amide bonds. The Hall–Kier alpha value is -0.330. The number of sulfonamides is 1. The van der Waals surface area contributed by atoms with Gasteiger partial charge in [-0.15, -0.1) is 11.6 Å². The molecule has 0 bridgehead atoms. The first-order chi connectivity index (χ1) is 8.05. The van der Waals surface area contributed by atoms with E-state index < -0.39 is 16.1 Å². The molecule has 1 aliphatic heterocycles. The molecular formula is C10H19ClN2O3S. The number of unbranched alkanes of at least 4 members (excludes halogenated alkanes) is 1. The third-order valence-electron chi connectivity index (χ3n) is 2.65. The summed E-state index contributed by atoms with van der Waals surface area (Å²) in [5, 5.41) is 2.70. The Morgan fingerprint density at radius 1 is 1.35 bits per heavy atom. The van der Waals surface area contributed by atoms with E-state index in [9.17, 15) is 13.2 Å². The van der Waals surface area contributed by atoms with Gasteiger partial charge in [-0.25, -0.2) is 13.1 Å². The molecule has 0 radical (unpaired) electrons. The molecule has 1 aliphatic rings. The average Bonchev–Trinajstić information content (AvgIpc) is 2.44. The number of alkyl halides is 1. The number of nitrogens with one attached hydrogen (secondary N) is 2. The summed E-state index contributed by atoms with van der Waals surface area (Å²) in [4.78, 5) is 11.6. The Kier molecular flexibility index (Phi) is 6.22. The van der Waals surface area contributed by atoms with Gasteiger partial charge >= 0.3 is 0 Å². The first-order valence-corrected chi connectivity index (χ1v) is 8.07. The predicted octanol–water partition coefficient (Wildman–Crippen LogP) is 0.593. The van der Waals surface area contributed by atoms with Gasteiger partial charge in [-0.3, -0.25) is 4.79 Å². The normalized spacial score (nSPS) is 21.9. The minimum absolute atomic E-state index is 0.0312. The van der Waals surface area contributed by atoms with Crippen molar-refractivity contribution in [2.24, 2.45) is 0 Å². The third-order valence-corrected chi connectivity index (χ3v) is 4.39. The maximum atomic E-state index is 11.7. The van der Waals surface area contributed by atoms with Crippen LogP contribution in [-0.2, 0) is 14.8 Å². The van der Waals surface area contributed by atoms with Crippen LogP contribution in [0.4, 0.5) is 0 Å². The molecule has 0 spiro atoms. The van der Waals surface area contributed by atoms with Gasteiger partial charge in [-0.1, -0.05) is 0 Å². The van der Waals surface area contributed by atoms with Gasteiger partial charge in [-0.2, -0.15) is 0 Å². The van der Waals surface area contributed by atoms with Crippen molar-refractivity contribution in [1.29, 1.82) is 0 Å². The molecule has 0 aliphatic carbocycles. The molecule has 5 nitrogen and oxygen atoms in total. The third kappa shape index (κ3) is 5.70. The number of halogens is 1. The maximum Gasteiger partial charge on any atom is 0.238 e. The van der Waals surface area contributed by atoms with Crippen molar-refractivity contribution in [3.8, 4) is 0 Å². The van der Waals surface area contributed by atoms with E-state index in [1.54, 1.807) is 0 Å². The largest absolute Gasteiger partial charge is 0.355 e. The van der Waals surface area contributed by atoms with Crippen LogP contribution in [-0.4, -0.2) is 38.5 Å². The van der Waals surface area contributed by atoms with Crippen LogP contribution in [0.15, 0.2) is 0 Å². The number of carbonyl (C=O) groups is 1. The van der Waals surface area contributed by atoms with Crippen molar-refractivity contribution >= 4 is 27.5 Å². The summed E-state index contributed by atoms with van der Waals surface area (Å²) in [5.74, 6) is 0.270.